The molecule has 0 amide bonds. The van der Waals surface area contributed by atoms with Crippen LogP contribution in [0.2, 0.25) is 0 Å². The summed E-state index contributed by atoms with van der Waals surface area (Å²) in [5, 5.41) is 10.4. The van der Waals surface area contributed by atoms with Crippen molar-refractivity contribution in [3.63, 3.8) is 0 Å². The van der Waals surface area contributed by atoms with Gasteiger partial charge in [-0.05, 0) is 41.7 Å². The van der Waals surface area contributed by atoms with Gasteiger partial charge in [0.1, 0.15) is 5.76 Å². The van der Waals surface area contributed by atoms with Crippen molar-refractivity contribution in [3.05, 3.63) is 58.4 Å². The zero-order valence-corrected chi connectivity index (χ0v) is 11.6. The highest BCUT2D eigenvalue weighted by Gasteiger charge is 2.29. The lowest BCUT2D eigenvalue weighted by Crippen LogP contribution is -2.11. The Bertz CT molecular complexity index is 660. The number of carbonyl (C=O) groups excluding carboxylic acids is 1. The van der Waals surface area contributed by atoms with Crippen LogP contribution in [0, 0.1) is 0 Å². The first-order chi connectivity index (χ1) is 9.72. The van der Waals surface area contributed by atoms with Crippen LogP contribution in [0.1, 0.15) is 43.7 Å². The summed E-state index contributed by atoms with van der Waals surface area (Å²) in [5.41, 5.74) is 4.35. The molecule has 1 N–H and O–H groups in total. The molecule has 2 aliphatic carbocycles. The Balaban J connectivity index is 1.96. The number of fused-ring (bicyclic) bond motifs is 3. The van der Waals surface area contributed by atoms with Gasteiger partial charge in [-0.3, -0.25) is 4.79 Å². The molecule has 0 bridgehead atoms. The molecule has 3 rings (SSSR count). The first kappa shape index (κ1) is 12.9. The van der Waals surface area contributed by atoms with Gasteiger partial charge in [0.05, 0.1) is 0 Å². The number of unbranched alkanes of at least 4 members (excludes halogenated alkanes) is 2. The molecule has 2 aliphatic rings. The van der Waals surface area contributed by atoms with E-state index in [2.05, 4.69) is 6.92 Å². The second-order valence-electron chi connectivity index (χ2n) is 5.35. The van der Waals surface area contributed by atoms with Gasteiger partial charge >= 0.3 is 0 Å². The van der Waals surface area contributed by atoms with E-state index in [1.165, 1.54) is 0 Å². The monoisotopic (exact) mass is 266 g/mol. The van der Waals surface area contributed by atoms with Crippen LogP contribution >= 0.6 is 0 Å². The van der Waals surface area contributed by atoms with Crippen LogP contribution in [0.15, 0.2) is 47.2 Å². The molecule has 2 heteroatoms. The largest absolute Gasteiger partial charge is 0.507 e. The quantitative estimate of drug-likeness (QED) is 0.818. The number of carbonyl (C=O) groups is 1. The maximum atomic E-state index is 12.2. The van der Waals surface area contributed by atoms with Crippen molar-refractivity contribution in [1.82, 2.24) is 0 Å². The Hall–Kier alpha value is -2.09. The minimum Gasteiger partial charge on any atom is -0.507 e. The van der Waals surface area contributed by atoms with Gasteiger partial charge in [-0.15, -0.1) is 0 Å². The number of rotatable bonds is 4. The second kappa shape index (κ2) is 5.12. The van der Waals surface area contributed by atoms with Crippen LogP contribution in [0.4, 0.5) is 0 Å². The lowest BCUT2D eigenvalue weighted by atomic mass is 9.89. The summed E-state index contributed by atoms with van der Waals surface area (Å²) >= 11 is 0. The molecule has 0 aromatic heterocycles. The molecule has 0 fully saturated rings. The normalized spacial score (nSPS) is 16.8. The van der Waals surface area contributed by atoms with Gasteiger partial charge in [0, 0.05) is 11.1 Å². The Morgan fingerprint density at radius 1 is 1.05 bits per heavy atom. The Labute approximate surface area is 119 Å². The maximum Gasteiger partial charge on any atom is 0.186 e. The van der Waals surface area contributed by atoms with E-state index < -0.39 is 0 Å². The van der Waals surface area contributed by atoms with Gasteiger partial charge in [-0.1, -0.05) is 44.0 Å². The van der Waals surface area contributed by atoms with Gasteiger partial charge in [0.2, 0.25) is 0 Å². The second-order valence-corrected chi connectivity index (χ2v) is 5.35. The smallest absolute Gasteiger partial charge is 0.186 e. The van der Waals surface area contributed by atoms with E-state index in [0.29, 0.717) is 12.0 Å². The van der Waals surface area contributed by atoms with E-state index in [1.807, 2.05) is 30.3 Å². The Morgan fingerprint density at radius 3 is 2.65 bits per heavy atom. The van der Waals surface area contributed by atoms with Crippen LogP contribution < -0.4 is 0 Å². The summed E-state index contributed by atoms with van der Waals surface area (Å²) in [7, 11) is 0. The summed E-state index contributed by atoms with van der Waals surface area (Å²) < 4.78 is 0. The lowest BCUT2D eigenvalue weighted by molar-refractivity contribution is -0.111. The fraction of sp³-hybridized carbons (Fsp3) is 0.278. The highest BCUT2D eigenvalue weighted by atomic mass is 16.3. The summed E-state index contributed by atoms with van der Waals surface area (Å²) in [4.78, 5) is 12.2. The number of hydrogen-bond acceptors (Lipinski definition) is 2. The molecular formula is C18H18O2. The number of aliphatic hydroxyl groups is 1. The van der Waals surface area contributed by atoms with Crippen molar-refractivity contribution in [3.8, 4) is 0 Å². The van der Waals surface area contributed by atoms with Gasteiger partial charge in [0.15, 0.2) is 5.78 Å². The predicted octanol–water partition coefficient (Wildman–Crippen LogP) is 4.44. The van der Waals surface area contributed by atoms with E-state index in [9.17, 15) is 9.90 Å². The molecule has 0 unspecified atom stereocenters. The number of allylic oxidation sites excluding steroid dienone is 3. The number of aliphatic hydroxyl groups excluding tert-OH is 1. The van der Waals surface area contributed by atoms with Crippen molar-refractivity contribution in [1.29, 1.82) is 0 Å². The molecule has 0 saturated carbocycles. The third kappa shape index (κ3) is 2.01. The van der Waals surface area contributed by atoms with Crippen LogP contribution in [0.5, 0.6) is 0 Å². The molecule has 1 aromatic carbocycles. The minimum atomic E-state index is -0.0394. The van der Waals surface area contributed by atoms with Gasteiger partial charge in [-0.25, -0.2) is 0 Å². The minimum absolute atomic E-state index is 0.0394. The fourth-order valence-corrected chi connectivity index (χ4v) is 2.89. The van der Waals surface area contributed by atoms with E-state index in [1.54, 1.807) is 6.08 Å². The van der Waals surface area contributed by atoms with Gasteiger partial charge < -0.3 is 5.11 Å². The third-order valence-corrected chi connectivity index (χ3v) is 3.99. The van der Waals surface area contributed by atoms with Crippen LogP contribution in [0.25, 0.3) is 11.6 Å². The number of ketones is 1. The van der Waals surface area contributed by atoms with Gasteiger partial charge in [-0.2, -0.15) is 0 Å². The lowest BCUT2D eigenvalue weighted by Gasteiger charge is -2.16. The highest BCUT2D eigenvalue weighted by Crippen LogP contribution is 2.42. The van der Waals surface area contributed by atoms with Crippen molar-refractivity contribution in [2.45, 2.75) is 32.6 Å². The molecule has 2 nitrogen and oxygen atoms in total. The predicted molar refractivity (Wildman–Crippen MR) is 81.2 cm³/mol. The average molecular weight is 266 g/mol. The molecule has 0 radical (unpaired) electrons. The SMILES string of the molecule is CCCCCC1=C(O)C2=Cc3ccccc3C2=CC1=O. The number of benzene rings is 1. The Morgan fingerprint density at radius 2 is 1.85 bits per heavy atom. The number of hydrogen-bond donors (Lipinski definition) is 1. The summed E-state index contributed by atoms with van der Waals surface area (Å²) in [6.07, 6.45) is 7.46. The molecule has 0 atom stereocenters. The van der Waals surface area contributed by atoms with Crippen molar-refractivity contribution in [2.75, 3.05) is 0 Å². The van der Waals surface area contributed by atoms with Crippen LogP contribution in [0.3, 0.4) is 0 Å². The summed E-state index contributed by atoms with van der Waals surface area (Å²) in [5.74, 6) is 0.141. The van der Waals surface area contributed by atoms with Crippen molar-refractivity contribution in [2.24, 2.45) is 0 Å². The standard InChI is InChI=1S/C18H18O2/c1-2-3-4-9-14-17(19)11-15-13-8-6-5-7-12(13)10-16(15)18(14)20/h5-8,10-11,20H,2-4,9H2,1H3. The molecule has 1 aromatic rings. The molecule has 0 saturated heterocycles. The average Bonchev–Trinajstić information content (AvgIpc) is 2.82. The first-order valence-electron chi connectivity index (χ1n) is 7.22. The molecule has 0 spiro atoms. The van der Waals surface area contributed by atoms with E-state index in [0.717, 1.165) is 41.5 Å². The first-order valence-corrected chi connectivity index (χ1v) is 7.22. The summed E-state index contributed by atoms with van der Waals surface area (Å²) in [6, 6.07) is 7.93. The molecule has 102 valence electrons. The van der Waals surface area contributed by atoms with Gasteiger partial charge in [0.25, 0.3) is 0 Å². The van der Waals surface area contributed by atoms with Crippen molar-refractivity contribution >= 4 is 17.4 Å². The Kier molecular flexibility index (Phi) is 3.31. The zero-order valence-electron chi connectivity index (χ0n) is 11.6. The van der Waals surface area contributed by atoms with Crippen molar-refractivity contribution < 1.29 is 9.90 Å². The summed E-state index contributed by atoms with van der Waals surface area (Å²) in [6.45, 7) is 2.13. The molecular weight excluding hydrogens is 248 g/mol. The zero-order chi connectivity index (χ0) is 14.1. The van der Waals surface area contributed by atoms with E-state index in [4.69, 9.17) is 0 Å². The highest BCUT2D eigenvalue weighted by molar-refractivity contribution is 6.17. The fourth-order valence-electron chi connectivity index (χ4n) is 2.89. The maximum absolute atomic E-state index is 12.2. The van der Waals surface area contributed by atoms with E-state index in [-0.39, 0.29) is 11.5 Å². The van der Waals surface area contributed by atoms with Crippen LogP contribution in [-0.2, 0) is 4.79 Å². The molecule has 20 heavy (non-hydrogen) atoms. The molecule has 0 aliphatic heterocycles. The third-order valence-electron chi connectivity index (χ3n) is 3.99. The topological polar surface area (TPSA) is 37.3 Å². The molecule has 0 heterocycles. The van der Waals surface area contributed by atoms with E-state index >= 15 is 0 Å². The van der Waals surface area contributed by atoms with Crippen LogP contribution in [-0.4, -0.2) is 10.9 Å².